The third-order valence-corrected chi connectivity index (χ3v) is 5.87. The van der Waals surface area contributed by atoms with Gasteiger partial charge in [0.25, 0.3) is 0 Å². The molecule has 3 rings (SSSR count). The normalized spacial score (nSPS) is 48.5. The Bertz CT molecular complexity index is 414. The van der Waals surface area contributed by atoms with Crippen LogP contribution >= 0.6 is 15.9 Å². The second-order valence-corrected chi connectivity index (χ2v) is 7.19. The maximum absolute atomic E-state index is 12.5. The summed E-state index contributed by atoms with van der Waals surface area (Å²) in [5.41, 5.74) is -0.505. The summed E-state index contributed by atoms with van der Waals surface area (Å²) < 4.78 is 6.86. The predicted molar refractivity (Wildman–Crippen MR) is 69.9 cm³/mol. The monoisotopic (exact) mass is 298 g/mol. The molecule has 0 radical (unpaired) electrons. The molecule has 1 saturated heterocycles. The molecule has 2 aliphatic heterocycles. The second-order valence-electron chi connectivity index (χ2n) is 6.34. The smallest absolute Gasteiger partial charge is 0.201 e. The highest BCUT2D eigenvalue weighted by Gasteiger charge is 2.69. The molecule has 1 saturated carbocycles. The standard InChI is InChI=1S/C14H19BrO2/c1-8(2)10-4-5-14-12(16)11(15)6-9(17-14)7-13(10,14)3/h6,8-10H,4-5,7H2,1-3H3/t9-,10+,13+,14+/m0/s1. The average molecular weight is 299 g/mol. The lowest BCUT2D eigenvalue weighted by Gasteiger charge is -2.40. The van der Waals surface area contributed by atoms with E-state index in [1.165, 1.54) is 0 Å². The number of hydrogen-bond acceptors (Lipinski definition) is 2. The van der Waals surface area contributed by atoms with Crippen LogP contribution in [-0.4, -0.2) is 17.5 Å². The van der Waals surface area contributed by atoms with Gasteiger partial charge in [-0.05, 0) is 53.1 Å². The van der Waals surface area contributed by atoms with Crippen molar-refractivity contribution in [3.63, 3.8) is 0 Å². The van der Waals surface area contributed by atoms with Gasteiger partial charge in [0.05, 0.1) is 10.6 Å². The highest BCUT2D eigenvalue weighted by atomic mass is 79.9. The first kappa shape index (κ1) is 11.9. The third kappa shape index (κ3) is 1.27. The quantitative estimate of drug-likeness (QED) is 0.741. The Morgan fingerprint density at radius 3 is 2.88 bits per heavy atom. The molecule has 3 heteroatoms. The van der Waals surface area contributed by atoms with Gasteiger partial charge in [0, 0.05) is 5.41 Å². The fraction of sp³-hybridized carbons (Fsp3) is 0.786. The highest BCUT2D eigenvalue weighted by molar-refractivity contribution is 9.12. The van der Waals surface area contributed by atoms with Crippen molar-refractivity contribution in [2.75, 3.05) is 0 Å². The van der Waals surface area contributed by atoms with E-state index in [1.807, 2.05) is 6.08 Å². The molecule has 1 aliphatic carbocycles. The van der Waals surface area contributed by atoms with Gasteiger partial charge in [-0.1, -0.05) is 20.8 Å². The minimum Gasteiger partial charge on any atom is -0.359 e. The van der Waals surface area contributed by atoms with Crippen molar-refractivity contribution in [2.45, 2.75) is 51.7 Å². The van der Waals surface area contributed by atoms with Gasteiger partial charge >= 0.3 is 0 Å². The number of Topliss-reactive ketones (excluding diaryl/α,β-unsaturated/α-hetero) is 1. The first-order valence-corrected chi connectivity index (χ1v) is 7.30. The highest BCUT2D eigenvalue weighted by Crippen LogP contribution is 2.64. The molecule has 17 heavy (non-hydrogen) atoms. The molecule has 0 unspecified atom stereocenters. The molecule has 1 spiro atoms. The Morgan fingerprint density at radius 1 is 1.53 bits per heavy atom. The lowest BCUT2D eigenvalue weighted by Crippen LogP contribution is -2.50. The molecule has 4 atom stereocenters. The van der Waals surface area contributed by atoms with Gasteiger partial charge in [-0.25, -0.2) is 0 Å². The molecule has 2 nitrogen and oxygen atoms in total. The number of ether oxygens (including phenoxy) is 1. The minimum absolute atomic E-state index is 0.0228. The van der Waals surface area contributed by atoms with Gasteiger partial charge in [0.15, 0.2) is 0 Å². The van der Waals surface area contributed by atoms with Crippen molar-refractivity contribution in [1.29, 1.82) is 0 Å². The van der Waals surface area contributed by atoms with Crippen molar-refractivity contribution in [3.05, 3.63) is 10.6 Å². The van der Waals surface area contributed by atoms with E-state index in [9.17, 15) is 4.79 Å². The van der Waals surface area contributed by atoms with Crippen LogP contribution in [0.15, 0.2) is 10.6 Å². The zero-order valence-corrected chi connectivity index (χ0v) is 12.2. The molecule has 3 aliphatic rings. The van der Waals surface area contributed by atoms with Gasteiger partial charge in [-0.15, -0.1) is 0 Å². The zero-order chi connectivity index (χ0) is 12.4. The molecule has 2 bridgehead atoms. The van der Waals surface area contributed by atoms with E-state index in [-0.39, 0.29) is 17.3 Å². The number of rotatable bonds is 1. The number of fused-ring (bicyclic) bond motifs is 1. The van der Waals surface area contributed by atoms with Crippen LogP contribution in [0.5, 0.6) is 0 Å². The van der Waals surface area contributed by atoms with E-state index >= 15 is 0 Å². The molecule has 2 heterocycles. The van der Waals surface area contributed by atoms with Crippen molar-refractivity contribution in [3.8, 4) is 0 Å². The lowest BCUT2D eigenvalue weighted by molar-refractivity contribution is -0.147. The second kappa shape index (κ2) is 3.45. The number of hydrogen-bond donors (Lipinski definition) is 0. The summed E-state index contributed by atoms with van der Waals surface area (Å²) in [6.07, 6.45) is 5.09. The van der Waals surface area contributed by atoms with Crippen LogP contribution in [0.3, 0.4) is 0 Å². The summed E-state index contributed by atoms with van der Waals surface area (Å²) in [7, 11) is 0. The van der Waals surface area contributed by atoms with E-state index in [0.717, 1.165) is 23.7 Å². The number of carbonyl (C=O) groups excluding carboxylic acids is 1. The summed E-state index contributed by atoms with van der Waals surface area (Å²) in [5.74, 6) is 1.40. The summed E-state index contributed by atoms with van der Waals surface area (Å²) in [5, 5.41) is 0. The van der Waals surface area contributed by atoms with E-state index in [4.69, 9.17) is 4.74 Å². The molecular formula is C14H19BrO2. The molecule has 0 amide bonds. The SMILES string of the molecule is CC(C)[C@H]1CC[C@@]23O[C@@H](C=C(Br)C2=O)C[C@]13C. The van der Waals surface area contributed by atoms with Crippen LogP contribution in [0.1, 0.15) is 40.0 Å². The number of carbonyl (C=O) groups is 1. The Labute approximate surface area is 111 Å². The zero-order valence-electron chi connectivity index (χ0n) is 10.6. The van der Waals surface area contributed by atoms with Crippen LogP contribution in [0, 0.1) is 17.3 Å². The van der Waals surface area contributed by atoms with Crippen LogP contribution in [0.4, 0.5) is 0 Å². The Hall–Kier alpha value is -0.150. The lowest BCUT2D eigenvalue weighted by atomic mass is 9.66. The van der Waals surface area contributed by atoms with Crippen LogP contribution in [0.25, 0.3) is 0 Å². The number of ketones is 1. The van der Waals surface area contributed by atoms with E-state index in [0.29, 0.717) is 11.8 Å². The van der Waals surface area contributed by atoms with Crippen molar-refractivity contribution in [2.24, 2.45) is 17.3 Å². The molecule has 0 aromatic rings. The van der Waals surface area contributed by atoms with Crippen molar-refractivity contribution < 1.29 is 9.53 Å². The molecule has 2 fully saturated rings. The Morgan fingerprint density at radius 2 is 2.24 bits per heavy atom. The molecule has 0 aromatic carbocycles. The van der Waals surface area contributed by atoms with Gasteiger partial charge in [0.2, 0.25) is 5.78 Å². The Balaban J connectivity index is 2.09. The summed E-state index contributed by atoms with van der Waals surface area (Å²) in [6, 6.07) is 0. The van der Waals surface area contributed by atoms with Gasteiger partial charge in [-0.3, -0.25) is 4.79 Å². The maximum Gasteiger partial charge on any atom is 0.201 e. The number of halogens is 1. The van der Waals surface area contributed by atoms with Gasteiger partial charge < -0.3 is 4.74 Å². The minimum atomic E-state index is -0.528. The van der Waals surface area contributed by atoms with Gasteiger partial charge in [0.1, 0.15) is 5.60 Å². The first-order valence-electron chi connectivity index (χ1n) is 6.51. The van der Waals surface area contributed by atoms with Crippen molar-refractivity contribution in [1.82, 2.24) is 0 Å². The summed E-state index contributed by atoms with van der Waals surface area (Å²) in [6.45, 7) is 6.80. The molecule has 0 N–H and O–H groups in total. The van der Waals surface area contributed by atoms with E-state index in [2.05, 4.69) is 36.7 Å². The largest absolute Gasteiger partial charge is 0.359 e. The van der Waals surface area contributed by atoms with Gasteiger partial charge in [-0.2, -0.15) is 0 Å². The van der Waals surface area contributed by atoms with Crippen LogP contribution in [0.2, 0.25) is 0 Å². The average Bonchev–Trinajstić information content (AvgIpc) is 2.61. The van der Waals surface area contributed by atoms with E-state index in [1.54, 1.807) is 0 Å². The molecular weight excluding hydrogens is 280 g/mol. The van der Waals surface area contributed by atoms with Crippen LogP contribution < -0.4 is 0 Å². The van der Waals surface area contributed by atoms with Crippen LogP contribution in [-0.2, 0) is 9.53 Å². The first-order chi connectivity index (χ1) is 7.91. The summed E-state index contributed by atoms with van der Waals surface area (Å²) in [4.78, 5) is 12.5. The summed E-state index contributed by atoms with van der Waals surface area (Å²) >= 11 is 3.42. The van der Waals surface area contributed by atoms with E-state index < -0.39 is 5.60 Å². The Kier molecular flexibility index (Phi) is 2.41. The molecule has 0 aromatic heterocycles. The molecule has 94 valence electrons. The topological polar surface area (TPSA) is 26.3 Å². The third-order valence-electron chi connectivity index (χ3n) is 5.25. The fourth-order valence-electron chi connectivity index (χ4n) is 4.51. The fourth-order valence-corrected chi connectivity index (χ4v) is 5.13. The van der Waals surface area contributed by atoms with Crippen molar-refractivity contribution >= 4 is 21.7 Å². The predicted octanol–water partition coefficient (Wildman–Crippen LogP) is 3.45. The maximum atomic E-state index is 12.5.